The normalized spacial score (nSPS) is 11.1. The van der Waals surface area contributed by atoms with Gasteiger partial charge in [0.25, 0.3) is 11.4 Å². The molecular weight excluding hydrogens is 438 g/mol. The van der Waals surface area contributed by atoms with E-state index in [4.69, 9.17) is 16.0 Å². The Bertz CT molecular complexity index is 1420. The van der Waals surface area contributed by atoms with Gasteiger partial charge in [0, 0.05) is 41.4 Å². The van der Waals surface area contributed by atoms with Gasteiger partial charge < -0.3 is 4.42 Å². The third-order valence-electron chi connectivity index (χ3n) is 4.98. The highest BCUT2D eigenvalue weighted by Gasteiger charge is 2.23. The van der Waals surface area contributed by atoms with E-state index in [1.165, 1.54) is 35.9 Å². The molecule has 0 saturated carbocycles. The first-order chi connectivity index (χ1) is 15.2. The van der Waals surface area contributed by atoms with Crippen LogP contribution < -0.4 is 5.56 Å². The second kappa shape index (κ2) is 8.16. The van der Waals surface area contributed by atoms with Crippen LogP contribution in [0.25, 0.3) is 28.3 Å². The quantitative estimate of drug-likeness (QED) is 0.359. The lowest BCUT2D eigenvalue weighted by Crippen LogP contribution is -2.18. The molecule has 0 atom stereocenters. The van der Waals surface area contributed by atoms with Crippen molar-refractivity contribution in [2.24, 2.45) is 0 Å². The van der Waals surface area contributed by atoms with Gasteiger partial charge in [-0.2, -0.15) is 0 Å². The molecule has 4 aromatic rings. The Hall–Kier alpha value is -3.58. The molecule has 8 heteroatoms. The van der Waals surface area contributed by atoms with Crippen molar-refractivity contribution < 1.29 is 18.0 Å². The zero-order valence-electron chi connectivity index (χ0n) is 17.4. The second-order valence-corrected chi connectivity index (χ2v) is 7.83. The fourth-order valence-electron chi connectivity index (χ4n) is 3.61. The van der Waals surface area contributed by atoms with Crippen molar-refractivity contribution in [1.29, 1.82) is 0 Å². The van der Waals surface area contributed by atoms with E-state index in [1.807, 2.05) is 13.8 Å². The minimum atomic E-state index is -0.854. The first-order valence-electron chi connectivity index (χ1n) is 9.63. The lowest BCUT2D eigenvalue weighted by atomic mass is 10.1. The predicted octanol–water partition coefficient (Wildman–Crippen LogP) is 5.91. The Kier molecular flexibility index (Phi) is 5.52. The Labute approximate surface area is 186 Å². The summed E-state index contributed by atoms with van der Waals surface area (Å²) < 4.78 is 35.0. The van der Waals surface area contributed by atoms with E-state index in [0.29, 0.717) is 16.3 Å². The summed E-state index contributed by atoms with van der Waals surface area (Å²) in [5.74, 6) is -2.20. The number of oxazole rings is 1. The molecule has 0 spiro atoms. The van der Waals surface area contributed by atoms with Crippen molar-refractivity contribution in [3.63, 3.8) is 0 Å². The fourth-order valence-corrected chi connectivity index (χ4v) is 3.94. The van der Waals surface area contributed by atoms with E-state index >= 15 is 0 Å². The van der Waals surface area contributed by atoms with Crippen LogP contribution in [-0.2, 0) is 0 Å². The molecule has 162 valence electrons. The molecule has 5 nitrogen and oxygen atoms in total. The van der Waals surface area contributed by atoms with Crippen LogP contribution in [0.3, 0.4) is 0 Å². The summed E-state index contributed by atoms with van der Waals surface area (Å²) in [5, 5.41) is 0.545. The molecule has 0 fully saturated rings. The number of halogens is 3. The van der Waals surface area contributed by atoms with E-state index in [-0.39, 0.29) is 28.5 Å². The van der Waals surface area contributed by atoms with Crippen LogP contribution in [0.15, 0.2) is 57.9 Å². The number of hydrogen-bond donors (Lipinski definition) is 0. The molecule has 2 heterocycles. The number of nitrogens with zero attached hydrogens (tertiary/aromatic N) is 2. The number of rotatable bonds is 4. The minimum Gasteiger partial charge on any atom is -0.433 e. The maximum absolute atomic E-state index is 14.5. The van der Waals surface area contributed by atoms with Gasteiger partial charge in [0.15, 0.2) is 5.76 Å². The molecule has 0 aliphatic heterocycles. The summed E-state index contributed by atoms with van der Waals surface area (Å²) >= 11 is 6.12. The average Bonchev–Trinajstić information content (AvgIpc) is 3.14. The SMILES string of the molecule is CC(=O)c1nc(-c2ccc(F)cc2F)c(-c2ccc(=O)n(-c3c(C)cc(Cl)cc3C)c2)o1. The van der Waals surface area contributed by atoms with Gasteiger partial charge in [0.1, 0.15) is 17.3 Å². The van der Waals surface area contributed by atoms with Crippen molar-refractivity contribution >= 4 is 17.4 Å². The predicted molar refractivity (Wildman–Crippen MR) is 117 cm³/mol. The van der Waals surface area contributed by atoms with Crippen molar-refractivity contribution in [1.82, 2.24) is 9.55 Å². The molecule has 32 heavy (non-hydrogen) atoms. The first-order valence-corrected chi connectivity index (χ1v) is 10.0. The van der Waals surface area contributed by atoms with Crippen molar-refractivity contribution in [2.45, 2.75) is 20.8 Å². The zero-order valence-corrected chi connectivity index (χ0v) is 18.1. The van der Waals surface area contributed by atoms with Gasteiger partial charge in [-0.15, -0.1) is 0 Å². The van der Waals surface area contributed by atoms with Gasteiger partial charge >= 0.3 is 0 Å². The number of Topliss-reactive ketones (excluding diaryl/α,β-unsaturated/α-hetero) is 1. The van der Waals surface area contributed by atoms with E-state index in [0.717, 1.165) is 23.3 Å². The number of pyridine rings is 1. The molecule has 0 N–H and O–H groups in total. The Morgan fingerprint density at radius 2 is 1.75 bits per heavy atom. The number of benzene rings is 2. The summed E-state index contributed by atoms with van der Waals surface area (Å²) in [5.41, 5.74) is 2.28. The highest BCUT2D eigenvalue weighted by molar-refractivity contribution is 6.30. The number of hydrogen-bond acceptors (Lipinski definition) is 4. The van der Waals surface area contributed by atoms with Crippen LogP contribution in [-0.4, -0.2) is 15.3 Å². The van der Waals surface area contributed by atoms with E-state index < -0.39 is 17.4 Å². The van der Waals surface area contributed by atoms with Crippen molar-refractivity contribution in [3.05, 3.63) is 92.7 Å². The first kappa shape index (κ1) is 21.6. The van der Waals surface area contributed by atoms with Gasteiger partial charge in [0.05, 0.1) is 5.69 Å². The molecule has 2 aromatic carbocycles. The second-order valence-electron chi connectivity index (χ2n) is 7.39. The van der Waals surface area contributed by atoms with Crippen molar-refractivity contribution in [2.75, 3.05) is 0 Å². The summed E-state index contributed by atoms with van der Waals surface area (Å²) in [6.07, 6.45) is 1.53. The maximum Gasteiger partial charge on any atom is 0.263 e. The van der Waals surface area contributed by atoms with Gasteiger partial charge in [-0.3, -0.25) is 14.2 Å². The van der Waals surface area contributed by atoms with E-state index in [2.05, 4.69) is 4.98 Å². The molecule has 0 unspecified atom stereocenters. The number of carbonyl (C=O) groups excluding carboxylic acids is 1. The third-order valence-corrected chi connectivity index (χ3v) is 5.20. The monoisotopic (exact) mass is 454 g/mol. The molecule has 0 bridgehead atoms. The van der Waals surface area contributed by atoms with Gasteiger partial charge in [0.2, 0.25) is 5.78 Å². The largest absolute Gasteiger partial charge is 0.433 e. The highest BCUT2D eigenvalue weighted by Crippen LogP contribution is 2.35. The Morgan fingerprint density at radius 1 is 1.06 bits per heavy atom. The van der Waals surface area contributed by atoms with Crippen molar-refractivity contribution in [3.8, 4) is 28.3 Å². The lowest BCUT2D eigenvalue weighted by Gasteiger charge is -2.14. The van der Waals surface area contributed by atoms with E-state index in [1.54, 1.807) is 12.1 Å². The van der Waals surface area contributed by atoms with E-state index in [9.17, 15) is 18.4 Å². The molecule has 0 aliphatic rings. The zero-order chi connectivity index (χ0) is 23.2. The highest BCUT2D eigenvalue weighted by atomic mass is 35.5. The number of aromatic nitrogens is 2. The van der Waals surface area contributed by atoms with Gasteiger partial charge in [-0.05, 0) is 55.3 Å². The summed E-state index contributed by atoms with van der Waals surface area (Å²) in [4.78, 5) is 28.7. The average molecular weight is 455 g/mol. The van der Waals surface area contributed by atoms with Crippen LogP contribution in [0.5, 0.6) is 0 Å². The molecule has 0 aliphatic carbocycles. The minimum absolute atomic E-state index is 0.0300. The standard InChI is InChI=1S/C24H17ClF2N2O3/c1-12-8-16(25)9-13(2)22(12)29-11-15(4-7-20(29)31)23-21(28-24(32-23)14(3)30)18-6-5-17(26)10-19(18)27/h4-11H,1-3H3. The molecule has 2 aromatic heterocycles. The number of aryl methyl sites for hydroxylation is 2. The number of carbonyl (C=O) groups is 1. The van der Waals surface area contributed by atoms with Crippen LogP contribution in [0, 0.1) is 25.5 Å². The number of ketones is 1. The Morgan fingerprint density at radius 3 is 2.38 bits per heavy atom. The maximum atomic E-state index is 14.5. The summed E-state index contributed by atoms with van der Waals surface area (Å²) in [6, 6.07) is 9.35. The molecular formula is C24H17ClF2N2O3. The lowest BCUT2D eigenvalue weighted by molar-refractivity contribution is 0.0981. The van der Waals surface area contributed by atoms with Crippen LogP contribution in [0.2, 0.25) is 5.02 Å². The van der Waals surface area contributed by atoms with Crippen LogP contribution in [0.4, 0.5) is 8.78 Å². The summed E-state index contributed by atoms with van der Waals surface area (Å²) in [6.45, 7) is 4.92. The molecule has 0 saturated heterocycles. The molecule has 0 amide bonds. The van der Waals surface area contributed by atoms with Crippen LogP contribution >= 0.6 is 11.6 Å². The summed E-state index contributed by atoms with van der Waals surface area (Å²) in [7, 11) is 0. The molecule has 0 radical (unpaired) electrons. The van der Waals surface area contributed by atoms with Gasteiger partial charge in [-0.25, -0.2) is 13.8 Å². The Balaban J connectivity index is 1.97. The fraction of sp³-hybridized carbons (Fsp3) is 0.125. The van der Waals surface area contributed by atoms with Crippen LogP contribution in [0.1, 0.15) is 28.7 Å². The van der Waals surface area contributed by atoms with Gasteiger partial charge in [-0.1, -0.05) is 11.6 Å². The smallest absolute Gasteiger partial charge is 0.263 e. The topological polar surface area (TPSA) is 65.1 Å². The molecule has 4 rings (SSSR count). The third kappa shape index (κ3) is 3.87.